The summed E-state index contributed by atoms with van der Waals surface area (Å²) in [6, 6.07) is 56.5. The number of nitrogens with zero attached hydrogens (tertiary/aromatic N) is 4. The van der Waals surface area contributed by atoms with Crippen LogP contribution in [-0.4, -0.2) is 9.13 Å². The van der Waals surface area contributed by atoms with Crippen molar-refractivity contribution in [3.8, 4) is 39.7 Å². The molecule has 0 aliphatic rings. The monoisotopic (exact) mass is 610 g/mol. The smallest absolute Gasteiger partial charge is 0.190 e. The third-order valence-electron chi connectivity index (χ3n) is 9.40. The summed E-state index contributed by atoms with van der Waals surface area (Å²) in [5.74, 6) is 0. The fourth-order valence-electron chi connectivity index (χ4n) is 7.40. The predicted octanol–water partition coefficient (Wildman–Crippen LogP) is 11.6. The van der Waals surface area contributed by atoms with Crippen molar-refractivity contribution in [3.63, 3.8) is 0 Å². The Morgan fingerprint density at radius 1 is 0.438 bits per heavy atom. The van der Waals surface area contributed by atoms with Gasteiger partial charge >= 0.3 is 0 Å². The average Bonchev–Trinajstić information content (AvgIpc) is 3.67. The van der Waals surface area contributed by atoms with E-state index in [2.05, 4.69) is 129 Å². The Labute approximate surface area is 277 Å². The number of rotatable bonds is 4. The molecule has 0 aliphatic heterocycles. The van der Waals surface area contributed by atoms with Crippen molar-refractivity contribution < 1.29 is 0 Å². The zero-order valence-corrected chi connectivity index (χ0v) is 25.8. The van der Waals surface area contributed by atoms with Gasteiger partial charge in [-0.1, -0.05) is 115 Å². The molecule has 4 nitrogen and oxygen atoms in total. The van der Waals surface area contributed by atoms with Crippen molar-refractivity contribution in [2.24, 2.45) is 0 Å². The quantitative estimate of drug-likeness (QED) is 0.183. The van der Waals surface area contributed by atoms with Crippen molar-refractivity contribution in [1.82, 2.24) is 9.13 Å². The molecule has 9 rings (SSSR count). The summed E-state index contributed by atoms with van der Waals surface area (Å²) in [6.45, 7) is 8.11. The summed E-state index contributed by atoms with van der Waals surface area (Å²) < 4.78 is 4.47. The standard InChI is InChI=1S/C44H26N4/c1-46-29-26-37(38(28-45)44(27-29)48-42-24-12-7-19-35(42)36-20-8-13-25-43(36)48)31-15-3-2-14-30(31)32-16-4-9-21-39(32)47-40-22-10-5-17-33(40)34-18-6-11-23-41(34)47/h2-27H. The van der Waals surface area contributed by atoms with E-state index in [1.54, 1.807) is 0 Å². The largest absolute Gasteiger partial charge is 0.309 e. The second-order valence-electron chi connectivity index (χ2n) is 11.9. The van der Waals surface area contributed by atoms with E-state index in [4.69, 9.17) is 6.57 Å². The lowest BCUT2D eigenvalue weighted by Crippen LogP contribution is -2.01. The first-order valence-electron chi connectivity index (χ1n) is 15.9. The summed E-state index contributed by atoms with van der Waals surface area (Å²) >= 11 is 0. The van der Waals surface area contributed by atoms with Crippen LogP contribution in [0, 0.1) is 17.9 Å². The fraction of sp³-hybridized carbons (Fsp3) is 0. The Morgan fingerprint density at radius 3 is 1.31 bits per heavy atom. The molecule has 0 bridgehead atoms. The van der Waals surface area contributed by atoms with Crippen LogP contribution < -0.4 is 0 Å². The van der Waals surface area contributed by atoms with E-state index < -0.39 is 0 Å². The SMILES string of the molecule is [C-]#[N+]c1cc(-c2ccccc2-c2ccccc2-n2c3ccccc3c3ccccc32)c(C#N)c(-n2c3ccccc3c3ccccc32)c1. The summed E-state index contributed by atoms with van der Waals surface area (Å²) in [5.41, 5.74) is 10.6. The molecule has 0 saturated heterocycles. The molecule has 7 aromatic carbocycles. The summed E-state index contributed by atoms with van der Waals surface area (Å²) in [6.07, 6.45) is 0. The van der Waals surface area contributed by atoms with Gasteiger partial charge in [-0.25, -0.2) is 4.85 Å². The lowest BCUT2D eigenvalue weighted by molar-refractivity contribution is 1.17. The maximum Gasteiger partial charge on any atom is 0.190 e. The Bertz CT molecular complexity index is 2710. The molecule has 2 heterocycles. The van der Waals surface area contributed by atoms with Crippen molar-refractivity contribution in [3.05, 3.63) is 175 Å². The van der Waals surface area contributed by atoms with Crippen LogP contribution >= 0.6 is 0 Å². The first-order chi connectivity index (χ1) is 23.8. The van der Waals surface area contributed by atoms with Crippen molar-refractivity contribution in [2.45, 2.75) is 0 Å². The molecule has 0 fully saturated rings. The second-order valence-corrected chi connectivity index (χ2v) is 11.9. The summed E-state index contributed by atoms with van der Waals surface area (Å²) in [5, 5.41) is 15.5. The van der Waals surface area contributed by atoms with E-state index in [9.17, 15) is 5.26 Å². The van der Waals surface area contributed by atoms with Crippen LogP contribution in [0.15, 0.2) is 158 Å². The van der Waals surface area contributed by atoms with Gasteiger partial charge < -0.3 is 9.13 Å². The van der Waals surface area contributed by atoms with E-state index in [-0.39, 0.29) is 0 Å². The van der Waals surface area contributed by atoms with E-state index in [1.165, 1.54) is 10.8 Å². The maximum atomic E-state index is 10.9. The Balaban J connectivity index is 1.34. The molecular formula is C44H26N4. The van der Waals surface area contributed by atoms with Gasteiger partial charge in [-0.3, -0.25) is 0 Å². The van der Waals surface area contributed by atoms with Gasteiger partial charge in [-0.15, -0.1) is 0 Å². The van der Waals surface area contributed by atoms with Crippen LogP contribution in [-0.2, 0) is 0 Å². The number of hydrogen-bond acceptors (Lipinski definition) is 1. The van der Waals surface area contributed by atoms with Crippen molar-refractivity contribution in [1.29, 1.82) is 5.26 Å². The highest BCUT2D eigenvalue weighted by Gasteiger charge is 2.22. The van der Waals surface area contributed by atoms with Gasteiger partial charge in [0, 0.05) is 27.1 Å². The summed E-state index contributed by atoms with van der Waals surface area (Å²) in [4.78, 5) is 3.91. The number of para-hydroxylation sites is 5. The third kappa shape index (κ3) is 4.01. The predicted molar refractivity (Wildman–Crippen MR) is 197 cm³/mol. The van der Waals surface area contributed by atoms with Crippen LogP contribution in [0.1, 0.15) is 5.56 Å². The van der Waals surface area contributed by atoms with Gasteiger partial charge in [-0.05, 0) is 59.2 Å². The van der Waals surface area contributed by atoms with E-state index >= 15 is 0 Å². The van der Waals surface area contributed by atoms with Crippen LogP contribution in [0.25, 0.3) is 82.1 Å². The van der Waals surface area contributed by atoms with Crippen molar-refractivity contribution in [2.75, 3.05) is 0 Å². The second kappa shape index (κ2) is 10.9. The summed E-state index contributed by atoms with van der Waals surface area (Å²) in [7, 11) is 0. The zero-order chi connectivity index (χ0) is 32.2. The van der Waals surface area contributed by atoms with Gasteiger partial charge in [0.25, 0.3) is 0 Å². The van der Waals surface area contributed by atoms with E-state index in [1.807, 2.05) is 48.5 Å². The number of fused-ring (bicyclic) bond motifs is 6. The topological polar surface area (TPSA) is 38.0 Å². The molecule has 0 spiro atoms. The highest BCUT2D eigenvalue weighted by molar-refractivity contribution is 6.11. The number of benzene rings is 7. The Morgan fingerprint density at radius 2 is 0.833 bits per heavy atom. The molecule has 9 aromatic rings. The number of nitriles is 1. The van der Waals surface area contributed by atoms with Gasteiger partial charge in [-0.2, -0.15) is 5.26 Å². The van der Waals surface area contributed by atoms with Gasteiger partial charge in [0.1, 0.15) is 6.07 Å². The molecule has 2 aromatic heterocycles. The van der Waals surface area contributed by atoms with Crippen LogP contribution in [0.2, 0.25) is 0 Å². The van der Waals surface area contributed by atoms with Gasteiger partial charge in [0.2, 0.25) is 0 Å². The van der Waals surface area contributed by atoms with Crippen molar-refractivity contribution >= 4 is 49.3 Å². The molecule has 0 radical (unpaired) electrons. The molecule has 48 heavy (non-hydrogen) atoms. The zero-order valence-electron chi connectivity index (χ0n) is 25.8. The first-order valence-corrected chi connectivity index (χ1v) is 15.9. The normalized spacial score (nSPS) is 11.3. The molecule has 0 aliphatic carbocycles. The highest BCUT2D eigenvalue weighted by Crippen LogP contribution is 2.43. The minimum Gasteiger partial charge on any atom is -0.309 e. The van der Waals surface area contributed by atoms with Gasteiger partial charge in [0.15, 0.2) is 5.69 Å². The maximum absolute atomic E-state index is 10.9. The molecule has 0 atom stereocenters. The van der Waals surface area contributed by atoms with E-state index in [0.29, 0.717) is 16.9 Å². The van der Waals surface area contributed by atoms with Crippen LogP contribution in [0.3, 0.4) is 0 Å². The number of aromatic nitrogens is 2. The fourth-order valence-corrected chi connectivity index (χ4v) is 7.40. The minimum atomic E-state index is 0.478. The molecule has 0 N–H and O–H groups in total. The molecule has 0 unspecified atom stereocenters. The first kappa shape index (κ1) is 27.4. The highest BCUT2D eigenvalue weighted by atomic mass is 15.0. The number of hydrogen-bond donors (Lipinski definition) is 0. The Hall–Kier alpha value is -6.88. The molecule has 4 heteroatoms. The molecule has 222 valence electrons. The Kier molecular flexibility index (Phi) is 6.22. The average molecular weight is 611 g/mol. The molecule has 0 saturated carbocycles. The van der Waals surface area contributed by atoms with Crippen LogP contribution in [0.4, 0.5) is 5.69 Å². The molecule has 0 amide bonds. The van der Waals surface area contributed by atoms with Crippen LogP contribution in [0.5, 0.6) is 0 Å². The third-order valence-corrected chi connectivity index (χ3v) is 9.40. The van der Waals surface area contributed by atoms with E-state index in [0.717, 1.165) is 60.8 Å². The molecular weight excluding hydrogens is 585 g/mol. The van der Waals surface area contributed by atoms with Gasteiger partial charge in [0.05, 0.1) is 45.6 Å². The lowest BCUT2D eigenvalue weighted by Gasteiger charge is -2.19. The lowest BCUT2D eigenvalue weighted by atomic mass is 9.90. The minimum absolute atomic E-state index is 0.478.